The van der Waals surface area contributed by atoms with E-state index in [2.05, 4.69) is 16.4 Å². The van der Waals surface area contributed by atoms with Gasteiger partial charge in [-0.05, 0) is 37.3 Å². The fourth-order valence-corrected chi connectivity index (χ4v) is 2.84. The van der Waals surface area contributed by atoms with Crippen molar-refractivity contribution in [1.29, 1.82) is 5.26 Å². The summed E-state index contributed by atoms with van der Waals surface area (Å²) in [5.74, 6) is 1.23. The Morgan fingerprint density at radius 1 is 1.35 bits per heavy atom. The van der Waals surface area contributed by atoms with Crippen molar-refractivity contribution >= 4 is 16.7 Å². The number of fused-ring (bicyclic) bond motifs is 1. The van der Waals surface area contributed by atoms with Crippen LogP contribution in [0, 0.1) is 17.2 Å². The van der Waals surface area contributed by atoms with Gasteiger partial charge in [0.2, 0.25) is 0 Å². The molecule has 1 aliphatic carbocycles. The van der Waals surface area contributed by atoms with Crippen LogP contribution >= 0.6 is 0 Å². The summed E-state index contributed by atoms with van der Waals surface area (Å²) in [7, 11) is 0. The van der Waals surface area contributed by atoms with E-state index in [0.29, 0.717) is 11.5 Å². The number of nitriles is 1. The third-order valence-corrected chi connectivity index (χ3v) is 3.92. The van der Waals surface area contributed by atoms with Gasteiger partial charge in [0, 0.05) is 11.9 Å². The number of anilines is 1. The highest BCUT2D eigenvalue weighted by Gasteiger charge is 2.22. The van der Waals surface area contributed by atoms with Crippen molar-refractivity contribution in [1.82, 2.24) is 4.98 Å². The van der Waals surface area contributed by atoms with Gasteiger partial charge in [0.15, 0.2) is 0 Å². The van der Waals surface area contributed by atoms with Crippen LogP contribution in [0.4, 0.5) is 5.82 Å². The predicted octanol–water partition coefficient (Wildman–Crippen LogP) is 2.68. The minimum absolute atomic E-state index is 0.152. The average molecular weight is 267 g/mol. The zero-order valence-corrected chi connectivity index (χ0v) is 11.2. The largest absolute Gasteiger partial charge is 0.393 e. The first-order chi connectivity index (χ1) is 9.76. The molecular weight excluding hydrogens is 250 g/mol. The standard InChI is InChI=1S/C16H17N3O/c17-9-12-8-16(18-10-11-5-6-13(20)7-11)19-15-4-2-1-3-14(12)15/h1-4,8,11,13,20H,5-7,10H2,(H,18,19). The van der Waals surface area contributed by atoms with E-state index >= 15 is 0 Å². The van der Waals surface area contributed by atoms with E-state index in [-0.39, 0.29) is 6.10 Å². The van der Waals surface area contributed by atoms with Crippen LogP contribution in [-0.4, -0.2) is 22.7 Å². The van der Waals surface area contributed by atoms with Crippen molar-refractivity contribution in [2.24, 2.45) is 5.92 Å². The molecule has 0 bridgehead atoms. The van der Waals surface area contributed by atoms with E-state index < -0.39 is 0 Å². The average Bonchev–Trinajstić information content (AvgIpc) is 2.90. The second kappa shape index (κ2) is 5.48. The summed E-state index contributed by atoms with van der Waals surface area (Å²) >= 11 is 0. The SMILES string of the molecule is N#Cc1cc(NCC2CCC(O)C2)nc2ccccc12. The Hall–Kier alpha value is -2.12. The van der Waals surface area contributed by atoms with Gasteiger partial charge in [-0.15, -0.1) is 0 Å². The Morgan fingerprint density at radius 2 is 2.20 bits per heavy atom. The maximum absolute atomic E-state index is 9.53. The Labute approximate surface area is 118 Å². The maximum atomic E-state index is 9.53. The summed E-state index contributed by atoms with van der Waals surface area (Å²) in [6.45, 7) is 0.799. The lowest BCUT2D eigenvalue weighted by atomic mass is 10.1. The number of para-hydroxylation sites is 1. The smallest absolute Gasteiger partial charge is 0.127 e. The number of pyridine rings is 1. The van der Waals surface area contributed by atoms with E-state index in [9.17, 15) is 10.4 Å². The second-order valence-electron chi connectivity index (χ2n) is 5.40. The number of rotatable bonds is 3. The molecule has 102 valence electrons. The van der Waals surface area contributed by atoms with Crippen molar-refractivity contribution < 1.29 is 5.11 Å². The molecule has 2 aromatic rings. The summed E-state index contributed by atoms with van der Waals surface area (Å²) in [4.78, 5) is 4.54. The van der Waals surface area contributed by atoms with Gasteiger partial charge in [0.05, 0.1) is 23.3 Å². The molecule has 20 heavy (non-hydrogen) atoms. The first kappa shape index (κ1) is 12.9. The van der Waals surface area contributed by atoms with Gasteiger partial charge in [0.1, 0.15) is 5.82 Å². The lowest BCUT2D eigenvalue weighted by Gasteiger charge is -2.12. The van der Waals surface area contributed by atoms with E-state index in [1.165, 1.54) is 0 Å². The van der Waals surface area contributed by atoms with Crippen LogP contribution in [0.2, 0.25) is 0 Å². The molecular formula is C16H17N3O. The van der Waals surface area contributed by atoms with Crippen LogP contribution in [0.5, 0.6) is 0 Å². The van der Waals surface area contributed by atoms with Gasteiger partial charge in [-0.3, -0.25) is 0 Å². The molecule has 1 aliphatic rings. The fraction of sp³-hybridized carbons (Fsp3) is 0.375. The quantitative estimate of drug-likeness (QED) is 0.897. The molecule has 0 aliphatic heterocycles. The lowest BCUT2D eigenvalue weighted by molar-refractivity contribution is 0.178. The molecule has 1 fully saturated rings. The highest BCUT2D eigenvalue weighted by molar-refractivity contribution is 5.86. The lowest BCUT2D eigenvalue weighted by Crippen LogP contribution is -2.13. The number of hydrogen-bond donors (Lipinski definition) is 2. The van der Waals surface area contributed by atoms with Crippen LogP contribution in [0.25, 0.3) is 10.9 Å². The molecule has 1 aromatic heterocycles. The molecule has 2 atom stereocenters. The molecule has 1 saturated carbocycles. The van der Waals surface area contributed by atoms with Gasteiger partial charge >= 0.3 is 0 Å². The van der Waals surface area contributed by atoms with Crippen LogP contribution in [0.15, 0.2) is 30.3 Å². The van der Waals surface area contributed by atoms with Crippen molar-refractivity contribution in [3.63, 3.8) is 0 Å². The molecule has 3 rings (SSSR count). The highest BCUT2D eigenvalue weighted by Crippen LogP contribution is 2.26. The predicted molar refractivity (Wildman–Crippen MR) is 78.3 cm³/mol. The monoisotopic (exact) mass is 267 g/mol. The molecule has 4 heteroatoms. The molecule has 0 saturated heterocycles. The summed E-state index contributed by atoms with van der Waals surface area (Å²) in [6.07, 6.45) is 2.64. The highest BCUT2D eigenvalue weighted by atomic mass is 16.3. The Kier molecular flexibility index (Phi) is 3.53. The van der Waals surface area contributed by atoms with E-state index in [4.69, 9.17) is 0 Å². The summed E-state index contributed by atoms with van der Waals surface area (Å²) in [5, 5.41) is 23.0. The molecule has 2 N–H and O–H groups in total. The zero-order valence-electron chi connectivity index (χ0n) is 11.2. The molecule has 1 aromatic carbocycles. The van der Waals surface area contributed by atoms with Crippen molar-refractivity contribution in [3.8, 4) is 6.07 Å². The van der Waals surface area contributed by atoms with Gasteiger partial charge in [-0.1, -0.05) is 18.2 Å². The minimum Gasteiger partial charge on any atom is -0.393 e. The fourth-order valence-electron chi connectivity index (χ4n) is 2.84. The number of aromatic nitrogens is 1. The summed E-state index contributed by atoms with van der Waals surface area (Å²) < 4.78 is 0. The molecule has 0 amide bonds. The molecule has 4 nitrogen and oxygen atoms in total. The summed E-state index contributed by atoms with van der Waals surface area (Å²) in [6, 6.07) is 11.7. The Morgan fingerprint density at radius 3 is 2.95 bits per heavy atom. The van der Waals surface area contributed by atoms with Gasteiger partial charge in [-0.25, -0.2) is 4.98 Å². The van der Waals surface area contributed by atoms with Gasteiger partial charge in [-0.2, -0.15) is 5.26 Å². The number of hydrogen-bond acceptors (Lipinski definition) is 4. The first-order valence-corrected chi connectivity index (χ1v) is 6.98. The number of nitrogens with one attached hydrogen (secondary N) is 1. The van der Waals surface area contributed by atoms with E-state index in [0.717, 1.165) is 42.5 Å². The normalized spacial score (nSPS) is 21.8. The number of aliphatic hydroxyl groups is 1. The molecule has 0 spiro atoms. The number of benzene rings is 1. The number of aliphatic hydroxyl groups excluding tert-OH is 1. The van der Waals surface area contributed by atoms with Gasteiger partial charge in [0.25, 0.3) is 0 Å². The summed E-state index contributed by atoms with van der Waals surface area (Å²) in [5.41, 5.74) is 1.48. The van der Waals surface area contributed by atoms with Crippen molar-refractivity contribution in [2.75, 3.05) is 11.9 Å². The third kappa shape index (κ3) is 2.59. The van der Waals surface area contributed by atoms with Crippen LogP contribution in [-0.2, 0) is 0 Å². The van der Waals surface area contributed by atoms with Gasteiger partial charge < -0.3 is 10.4 Å². The van der Waals surface area contributed by atoms with Crippen molar-refractivity contribution in [2.45, 2.75) is 25.4 Å². The third-order valence-electron chi connectivity index (χ3n) is 3.92. The van der Waals surface area contributed by atoms with E-state index in [1.54, 1.807) is 6.07 Å². The second-order valence-corrected chi connectivity index (χ2v) is 5.40. The van der Waals surface area contributed by atoms with Crippen LogP contribution in [0.3, 0.4) is 0 Å². The minimum atomic E-state index is -0.152. The molecule has 1 heterocycles. The van der Waals surface area contributed by atoms with E-state index in [1.807, 2.05) is 24.3 Å². The molecule has 0 radical (unpaired) electrons. The first-order valence-electron chi connectivity index (χ1n) is 6.98. The van der Waals surface area contributed by atoms with Crippen LogP contribution < -0.4 is 5.32 Å². The van der Waals surface area contributed by atoms with Crippen molar-refractivity contribution in [3.05, 3.63) is 35.9 Å². The Bertz CT molecular complexity index is 662. The number of nitrogens with zero attached hydrogens (tertiary/aromatic N) is 2. The maximum Gasteiger partial charge on any atom is 0.127 e. The molecule has 2 unspecified atom stereocenters. The van der Waals surface area contributed by atoms with Crippen LogP contribution in [0.1, 0.15) is 24.8 Å². The topological polar surface area (TPSA) is 68.9 Å². The Balaban J connectivity index is 1.80. The zero-order chi connectivity index (χ0) is 13.9.